The number of aromatic nitrogens is 4. The lowest BCUT2D eigenvalue weighted by Crippen LogP contribution is -2.37. The molecule has 0 bridgehead atoms. The molecular formula is C24H23N7O3. The maximum atomic E-state index is 12.2. The van der Waals surface area contributed by atoms with Gasteiger partial charge in [0.25, 0.3) is 5.91 Å². The number of amides is 1. The smallest absolute Gasteiger partial charge is 0.262 e. The van der Waals surface area contributed by atoms with Crippen LogP contribution in [0.3, 0.4) is 0 Å². The molecule has 2 aromatic carbocycles. The second-order valence-electron chi connectivity index (χ2n) is 7.66. The lowest BCUT2D eigenvalue weighted by atomic mass is 10.1. The molecular weight excluding hydrogens is 434 g/mol. The molecule has 34 heavy (non-hydrogen) atoms. The fraction of sp³-hybridized carbons (Fsp3) is 0.208. The first-order valence-corrected chi connectivity index (χ1v) is 10.9. The van der Waals surface area contributed by atoms with Gasteiger partial charge in [-0.05, 0) is 24.3 Å². The second-order valence-corrected chi connectivity index (χ2v) is 7.66. The number of fused-ring (bicyclic) bond motifs is 1. The fourth-order valence-electron chi connectivity index (χ4n) is 3.63. The quantitative estimate of drug-likeness (QED) is 0.449. The van der Waals surface area contributed by atoms with Crippen LogP contribution >= 0.6 is 0 Å². The minimum atomic E-state index is -0.244. The van der Waals surface area contributed by atoms with Crippen LogP contribution in [0, 0.1) is 0 Å². The van der Waals surface area contributed by atoms with Crippen LogP contribution < -0.4 is 20.7 Å². The van der Waals surface area contributed by atoms with Gasteiger partial charge >= 0.3 is 0 Å². The number of nitrogens with zero attached hydrogens (tertiary/aromatic N) is 5. The van der Waals surface area contributed by atoms with Gasteiger partial charge < -0.3 is 25.4 Å². The Morgan fingerprint density at radius 1 is 1.03 bits per heavy atom. The monoisotopic (exact) mass is 457 g/mol. The average molecular weight is 457 g/mol. The third kappa shape index (κ3) is 4.86. The summed E-state index contributed by atoms with van der Waals surface area (Å²) in [5, 5.41) is 2.83. The van der Waals surface area contributed by atoms with Gasteiger partial charge in [0.1, 0.15) is 5.75 Å². The number of carbonyl (C=O) groups excluding carboxylic acids is 1. The number of hydrogen-bond donors (Lipinski definition) is 2. The summed E-state index contributed by atoms with van der Waals surface area (Å²) >= 11 is 0. The van der Waals surface area contributed by atoms with Gasteiger partial charge in [-0.2, -0.15) is 9.97 Å². The molecule has 4 aromatic rings. The van der Waals surface area contributed by atoms with Crippen molar-refractivity contribution in [3.8, 4) is 17.0 Å². The average Bonchev–Trinajstić information content (AvgIpc) is 2.88. The first kappa shape index (κ1) is 21.5. The van der Waals surface area contributed by atoms with E-state index in [1.807, 2.05) is 42.5 Å². The highest BCUT2D eigenvalue weighted by atomic mass is 16.5. The summed E-state index contributed by atoms with van der Waals surface area (Å²) in [5.41, 5.74) is 9.10. The van der Waals surface area contributed by atoms with Crippen molar-refractivity contribution < 1.29 is 14.3 Å². The molecule has 0 radical (unpaired) electrons. The molecule has 1 aliphatic rings. The Labute approximate surface area is 195 Å². The summed E-state index contributed by atoms with van der Waals surface area (Å²) in [6.45, 7) is 2.54. The van der Waals surface area contributed by atoms with E-state index < -0.39 is 0 Å². The Morgan fingerprint density at radius 3 is 2.56 bits per heavy atom. The number of benzene rings is 2. The van der Waals surface area contributed by atoms with Gasteiger partial charge in [-0.25, -0.2) is 9.97 Å². The number of ether oxygens (including phenoxy) is 2. The Morgan fingerprint density at radius 2 is 1.79 bits per heavy atom. The van der Waals surface area contributed by atoms with E-state index >= 15 is 0 Å². The number of nitrogen functional groups attached to an aromatic ring is 1. The van der Waals surface area contributed by atoms with Crippen molar-refractivity contribution >= 4 is 34.5 Å². The number of nitrogens with one attached hydrogen (secondary N) is 1. The maximum Gasteiger partial charge on any atom is 0.262 e. The molecule has 1 fully saturated rings. The van der Waals surface area contributed by atoms with E-state index in [1.165, 1.54) is 0 Å². The number of morpholine rings is 1. The van der Waals surface area contributed by atoms with Gasteiger partial charge in [0.2, 0.25) is 5.95 Å². The van der Waals surface area contributed by atoms with Crippen LogP contribution in [0.2, 0.25) is 0 Å². The van der Waals surface area contributed by atoms with Crippen molar-refractivity contribution in [2.24, 2.45) is 0 Å². The highest BCUT2D eigenvalue weighted by Gasteiger charge is 2.19. The largest absolute Gasteiger partial charge is 0.484 e. The van der Waals surface area contributed by atoms with Crippen molar-refractivity contribution in [2.75, 3.05) is 48.9 Å². The zero-order valence-electron chi connectivity index (χ0n) is 18.3. The van der Waals surface area contributed by atoms with Crippen LogP contribution in [-0.4, -0.2) is 58.8 Å². The Kier molecular flexibility index (Phi) is 6.13. The Bertz CT molecular complexity index is 1290. The molecule has 3 N–H and O–H groups in total. The maximum absolute atomic E-state index is 12.2. The molecule has 0 aliphatic carbocycles. The number of carbonyl (C=O) groups is 1. The van der Waals surface area contributed by atoms with Crippen molar-refractivity contribution in [1.82, 2.24) is 19.9 Å². The summed E-state index contributed by atoms with van der Waals surface area (Å²) in [6.07, 6.45) is 1.65. The van der Waals surface area contributed by atoms with Crippen LogP contribution in [0.15, 0.2) is 60.8 Å². The predicted molar refractivity (Wildman–Crippen MR) is 129 cm³/mol. The van der Waals surface area contributed by atoms with E-state index in [4.69, 9.17) is 20.2 Å². The van der Waals surface area contributed by atoms with E-state index in [1.54, 1.807) is 18.3 Å². The minimum Gasteiger partial charge on any atom is -0.484 e. The molecule has 172 valence electrons. The molecule has 0 unspecified atom stereocenters. The van der Waals surface area contributed by atoms with Gasteiger partial charge in [-0.15, -0.1) is 0 Å². The molecule has 5 rings (SSSR count). The van der Waals surface area contributed by atoms with Crippen LogP contribution in [0.4, 0.5) is 17.5 Å². The van der Waals surface area contributed by atoms with E-state index in [9.17, 15) is 4.79 Å². The molecule has 0 atom stereocenters. The van der Waals surface area contributed by atoms with Crippen molar-refractivity contribution in [1.29, 1.82) is 0 Å². The molecule has 1 amide bonds. The molecule has 1 aliphatic heterocycles. The van der Waals surface area contributed by atoms with Crippen LogP contribution in [0.5, 0.6) is 5.75 Å². The molecule has 10 heteroatoms. The normalized spacial score (nSPS) is 13.6. The van der Waals surface area contributed by atoms with E-state index in [0.717, 1.165) is 5.56 Å². The highest BCUT2D eigenvalue weighted by molar-refractivity contribution is 5.92. The zero-order valence-corrected chi connectivity index (χ0v) is 18.3. The number of nitrogens with two attached hydrogens (primary N) is 1. The third-order valence-electron chi connectivity index (χ3n) is 5.29. The fourth-order valence-corrected chi connectivity index (χ4v) is 3.63. The molecule has 0 spiro atoms. The SMILES string of the molecule is Nc1nc(N2CCOCC2)c2nc(-c3ccc(NC(=O)COc4ccccc4)cc3)cnc2n1. The molecule has 2 aromatic heterocycles. The molecule has 1 saturated heterocycles. The van der Waals surface area contributed by atoms with E-state index in [0.29, 0.717) is 60.4 Å². The first-order chi connectivity index (χ1) is 16.7. The summed E-state index contributed by atoms with van der Waals surface area (Å²) in [6, 6.07) is 16.6. The van der Waals surface area contributed by atoms with Gasteiger partial charge in [-0.3, -0.25) is 4.79 Å². The van der Waals surface area contributed by atoms with Crippen molar-refractivity contribution in [3.05, 3.63) is 60.8 Å². The van der Waals surface area contributed by atoms with Crippen LogP contribution in [-0.2, 0) is 9.53 Å². The third-order valence-corrected chi connectivity index (χ3v) is 5.29. The van der Waals surface area contributed by atoms with E-state index in [-0.39, 0.29) is 18.5 Å². The molecule has 0 saturated carbocycles. The first-order valence-electron chi connectivity index (χ1n) is 10.9. The van der Waals surface area contributed by atoms with Gasteiger partial charge in [0.15, 0.2) is 23.6 Å². The number of rotatable bonds is 6. The minimum absolute atomic E-state index is 0.0740. The molecule has 10 nitrogen and oxygen atoms in total. The standard InChI is InChI=1S/C24H23N7O3/c25-24-29-22-21(23(30-24)31-10-12-33-13-11-31)28-19(14-26-22)16-6-8-17(9-7-16)27-20(32)15-34-18-4-2-1-3-5-18/h1-9,14H,10-13,15H2,(H,27,32)(H2,25,26,29,30). The van der Waals surface area contributed by atoms with E-state index in [2.05, 4.69) is 25.2 Å². The predicted octanol–water partition coefficient (Wildman–Crippen LogP) is 2.52. The zero-order chi connectivity index (χ0) is 23.3. The summed E-state index contributed by atoms with van der Waals surface area (Å²) < 4.78 is 10.9. The number of hydrogen-bond acceptors (Lipinski definition) is 9. The highest BCUT2D eigenvalue weighted by Crippen LogP contribution is 2.26. The van der Waals surface area contributed by atoms with Gasteiger partial charge in [0.05, 0.1) is 25.1 Å². The number of anilines is 3. The lowest BCUT2D eigenvalue weighted by molar-refractivity contribution is -0.118. The summed E-state index contributed by atoms with van der Waals surface area (Å²) in [7, 11) is 0. The van der Waals surface area contributed by atoms with Crippen LogP contribution in [0.1, 0.15) is 0 Å². The molecule has 3 heterocycles. The van der Waals surface area contributed by atoms with Crippen LogP contribution in [0.25, 0.3) is 22.4 Å². The number of para-hydroxylation sites is 1. The summed E-state index contributed by atoms with van der Waals surface area (Å²) in [4.78, 5) is 32.2. The topological polar surface area (TPSA) is 128 Å². The van der Waals surface area contributed by atoms with Crippen molar-refractivity contribution in [3.63, 3.8) is 0 Å². The van der Waals surface area contributed by atoms with Crippen molar-refractivity contribution in [2.45, 2.75) is 0 Å². The second kappa shape index (κ2) is 9.67. The lowest BCUT2D eigenvalue weighted by Gasteiger charge is -2.28. The van der Waals surface area contributed by atoms with Gasteiger partial charge in [0, 0.05) is 24.3 Å². The summed E-state index contributed by atoms with van der Waals surface area (Å²) in [5.74, 6) is 1.21. The Hall–Kier alpha value is -4.31. The van der Waals surface area contributed by atoms with Gasteiger partial charge in [-0.1, -0.05) is 30.3 Å². The Balaban J connectivity index is 1.32.